The van der Waals surface area contributed by atoms with Crippen LogP contribution >= 0.6 is 11.3 Å². The van der Waals surface area contributed by atoms with E-state index in [0.717, 1.165) is 11.4 Å². The van der Waals surface area contributed by atoms with E-state index in [-0.39, 0.29) is 23.0 Å². The average Bonchev–Trinajstić information content (AvgIpc) is 2.91. The molecule has 1 heterocycles. The molecule has 2 N–H and O–H groups in total. The van der Waals surface area contributed by atoms with Crippen LogP contribution in [0.3, 0.4) is 0 Å². The number of methoxy groups -OCH3 is 1. The topological polar surface area (TPSA) is 68.5 Å². The predicted octanol–water partition coefficient (Wildman–Crippen LogP) is 1.88. The Hall–Kier alpha value is -0.980. The molecule has 6 heteroatoms. The van der Waals surface area contributed by atoms with Crippen molar-refractivity contribution in [3.63, 3.8) is 0 Å². The number of ether oxygens (including phenoxy) is 1. The molecular weight excluding hydrogens is 274 g/mol. The van der Waals surface area contributed by atoms with Crippen molar-refractivity contribution in [2.45, 2.75) is 45.4 Å². The Morgan fingerprint density at radius 2 is 2.25 bits per heavy atom. The lowest BCUT2D eigenvalue weighted by molar-refractivity contribution is -0.198. The second kappa shape index (κ2) is 5.09. The molecule has 2 atom stereocenters. The van der Waals surface area contributed by atoms with Crippen molar-refractivity contribution >= 4 is 17.2 Å². The number of hydrogen-bond donors (Lipinski definition) is 1. The Balaban J connectivity index is 2.13. The summed E-state index contributed by atoms with van der Waals surface area (Å²) in [5.74, 6) is -0.0443. The summed E-state index contributed by atoms with van der Waals surface area (Å²) < 4.78 is 5.61. The van der Waals surface area contributed by atoms with E-state index in [1.807, 2.05) is 7.05 Å². The van der Waals surface area contributed by atoms with Crippen LogP contribution in [0.15, 0.2) is 5.38 Å². The quantitative estimate of drug-likeness (QED) is 0.921. The smallest absolute Gasteiger partial charge is 0.273 e. The highest BCUT2D eigenvalue weighted by molar-refractivity contribution is 7.09. The summed E-state index contributed by atoms with van der Waals surface area (Å²) in [6.45, 7) is 6.75. The second-order valence-corrected chi connectivity index (χ2v) is 7.07. The summed E-state index contributed by atoms with van der Waals surface area (Å²) in [4.78, 5) is 18.5. The Kier molecular flexibility index (Phi) is 3.92. The van der Waals surface area contributed by atoms with Crippen LogP contribution in [0, 0.1) is 5.41 Å². The molecule has 0 spiro atoms. The normalized spacial score (nSPS) is 28.0. The second-order valence-electron chi connectivity index (χ2n) is 6.12. The zero-order chi connectivity index (χ0) is 15.1. The third kappa shape index (κ3) is 2.16. The van der Waals surface area contributed by atoms with Crippen molar-refractivity contribution < 1.29 is 9.53 Å². The van der Waals surface area contributed by atoms with Gasteiger partial charge in [0.15, 0.2) is 0 Å². The van der Waals surface area contributed by atoms with Gasteiger partial charge in [0, 0.05) is 37.5 Å². The summed E-state index contributed by atoms with van der Waals surface area (Å²) in [5.41, 5.74) is 5.76. The highest BCUT2D eigenvalue weighted by Crippen LogP contribution is 2.53. The maximum atomic E-state index is 12.5. The van der Waals surface area contributed by atoms with Gasteiger partial charge < -0.3 is 15.4 Å². The van der Waals surface area contributed by atoms with Gasteiger partial charge in [-0.05, 0) is 13.3 Å². The first-order valence-electron chi connectivity index (χ1n) is 6.73. The molecule has 1 fully saturated rings. The molecule has 0 aliphatic heterocycles. The minimum atomic E-state index is -0.184. The molecule has 20 heavy (non-hydrogen) atoms. The van der Waals surface area contributed by atoms with Gasteiger partial charge in [0.25, 0.3) is 5.91 Å². The first-order chi connectivity index (χ1) is 9.26. The number of rotatable bonds is 4. The van der Waals surface area contributed by atoms with E-state index >= 15 is 0 Å². The highest BCUT2D eigenvalue weighted by atomic mass is 32.1. The van der Waals surface area contributed by atoms with Gasteiger partial charge in [-0.25, -0.2) is 4.98 Å². The number of carbonyl (C=O) groups is 1. The fourth-order valence-corrected chi connectivity index (χ4v) is 3.55. The fraction of sp³-hybridized carbons (Fsp3) is 0.714. The molecule has 1 aliphatic carbocycles. The van der Waals surface area contributed by atoms with Gasteiger partial charge in [-0.1, -0.05) is 13.8 Å². The summed E-state index contributed by atoms with van der Waals surface area (Å²) in [5, 5.41) is 2.57. The summed E-state index contributed by atoms with van der Waals surface area (Å²) >= 11 is 1.43. The van der Waals surface area contributed by atoms with Crippen LogP contribution < -0.4 is 5.73 Å². The average molecular weight is 297 g/mol. The van der Waals surface area contributed by atoms with Gasteiger partial charge in [0.05, 0.1) is 5.60 Å². The van der Waals surface area contributed by atoms with E-state index in [2.05, 4.69) is 25.8 Å². The maximum Gasteiger partial charge on any atom is 0.273 e. The molecule has 1 aromatic heterocycles. The Labute approximate surface area is 124 Å². The zero-order valence-corrected chi connectivity index (χ0v) is 13.6. The molecule has 112 valence electrons. The third-order valence-electron chi connectivity index (χ3n) is 4.96. The number of nitrogens with zero attached hydrogens (tertiary/aromatic N) is 2. The van der Waals surface area contributed by atoms with E-state index in [4.69, 9.17) is 10.5 Å². The van der Waals surface area contributed by atoms with Crippen molar-refractivity contribution in [2.24, 2.45) is 11.1 Å². The molecule has 5 nitrogen and oxygen atoms in total. The van der Waals surface area contributed by atoms with Crippen LogP contribution in [0.1, 0.15) is 42.7 Å². The monoisotopic (exact) mass is 297 g/mol. The van der Waals surface area contributed by atoms with Gasteiger partial charge in [-0.15, -0.1) is 11.3 Å². The zero-order valence-electron chi connectivity index (χ0n) is 12.8. The molecule has 2 rings (SSSR count). The molecule has 1 saturated carbocycles. The lowest BCUT2D eigenvalue weighted by Crippen LogP contribution is -2.68. The molecule has 0 aromatic carbocycles. The lowest BCUT2D eigenvalue weighted by Gasteiger charge is -2.61. The largest absolute Gasteiger partial charge is 0.378 e. The molecule has 0 radical (unpaired) electrons. The van der Waals surface area contributed by atoms with Gasteiger partial charge >= 0.3 is 0 Å². The first kappa shape index (κ1) is 15.4. The van der Waals surface area contributed by atoms with E-state index in [0.29, 0.717) is 12.2 Å². The number of aromatic nitrogens is 1. The van der Waals surface area contributed by atoms with E-state index in [1.165, 1.54) is 11.3 Å². The van der Waals surface area contributed by atoms with Gasteiger partial charge in [-0.2, -0.15) is 0 Å². The van der Waals surface area contributed by atoms with Crippen LogP contribution in [-0.2, 0) is 11.3 Å². The van der Waals surface area contributed by atoms with Gasteiger partial charge in [0.2, 0.25) is 0 Å². The molecule has 1 aliphatic rings. The van der Waals surface area contributed by atoms with Gasteiger partial charge in [-0.3, -0.25) is 4.79 Å². The number of nitrogens with two attached hydrogens (primary N) is 1. The minimum absolute atomic E-state index is 0.0443. The minimum Gasteiger partial charge on any atom is -0.378 e. The van der Waals surface area contributed by atoms with Crippen molar-refractivity contribution in [1.29, 1.82) is 0 Å². The maximum absolute atomic E-state index is 12.5. The SMILES string of the molecule is CO[C@@]1(C)C[C@H](N(C)C(=O)c2csc(CN)n2)C1(C)C. The van der Waals surface area contributed by atoms with Gasteiger partial charge in [0.1, 0.15) is 10.7 Å². The Bertz CT molecular complexity index is 514. The standard InChI is InChI=1S/C14H23N3O2S/c1-13(2)10(6-14(13,3)19-5)17(4)12(18)9-8-20-11(7-15)16-9/h8,10H,6-7,15H2,1-5H3/t10-,14-/m0/s1. The number of hydrogen-bond acceptors (Lipinski definition) is 5. The molecular formula is C14H23N3O2S. The summed E-state index contributed by atoms with van der Waals surface area (Å²) in [6.07, 6.45) is 0.840. The predicted molar refractivity (Wildman–Crippen MR) is 79.7 cm³/mol. The molecule has 1 amide bonds. The van der Waals surface area contributed by atoms with Crippen LogP contribution in [0.25, 0.3) is 0 Å². The Morgan fingerprint density at radius 1 is 1.60 bits per heavy atom. The Morgan fingerprint density at radius 3 is 2.70 bits per heavy atom. The molecule has 0 bridgehead atoms. The van der Waals surface area contributed by atoms with Crippen LogP contribution in [0.5, 0.6) is 0 Å². The number of amides is 1. The van der Waals surface area contributed by atoms with Crippen molar-refractivity contribution in [3.05, 3.63) is 16.1 Å². The highest BCUT2D eigenvalue weighted by Gasteiger charge is 2.59. The number of carbonyl (C=O) groups excluding carboxylic acids is 1. The molecule has 1 aromatic rings. The van der Waals surface area contributed by atoms with Crippen molar-refractivity contribution in [1.82, 2.24) is 9.88 Å². The number of thiazole rings is 1. The fourth-order valence-electron chi connectivity index (χ4n) is 2.90. The van der Waals surface area contributed by atoms with E-state index < -0.39 is 0 Å². The summed E-state index contributed by atoms with van der Waals surface area (Å²) in [7, 11) is 3.57. The lowest BCUT2D eigenvalue weighted by atomic mass is 9.55. The first-order valence-corrected chi connectivity index (χ1v) is 7.61. The van der Waals surface area contributed by atoms with Crippen LogP contribution in [0.4, 0.5) is 0 Å². The van der Waals surface area contributed by atoms with Crippen LogP contribution in [0.2, 0.25) is 0 Å². The van der Waals surface area contributed by atoms with Crippen molar-refractivity contribution in [3.8, 4) is 0 Å². The molecule has 0 unspecified atom stereocenters. The summed E-state index contributed by atoms with van der Waals surface area (Å²) in [6, 6.07) is 0.156. The van der Waals surface area contributed by atoms with Crippen molar-refractivity contribution in [2.75, 3.05) is 14.2 Å². The third-order valence-corrected chi connectivity index (χ3v) is 5.83. The van der Waals surface area contributed by atoms with Crippen LogP contribution in [-0.4, -0.2) is 41.6 Å². The van der Waals surface area contributed by atoms with E-state index in [1.54, 1.807) is 17.4 Å². The van der Waals surface area contributed by atoms with E-state index in [9.17, 15) is 4.79 Å². The molecule has 0 saturated heterocycles.